The third-order valence-corrected chi connectivity index (χ3v) is 4.36. The molecule has 2 aromatic heterocycles. The molecule has 3 aromatic rings. The molecule has 0 radical (unpaired) electrons. The van der Waals surface area contributed by atoms with Crippen LogP contribution in [0.3, 0.4) is 0 Å². The number of carbonyl (C=O) groups excluding carboxylic acids is 1. The van der Waals surface area contributed by atoms with Crippen molar-refractivity contribution < 1.29 is 9.32 Å². The molecule has 2 N–H and O–H groups in total. The summed E-state index contributed by atoms with van der Waals surface area (Å²) in [6.07, 6.45) is 0.645. The molecular weight excluding hydrogens is 318 g/mol. The van der Waals surface area contributed by atoms with Gasteiger partial charge in [-0.2, -0.15) is 0 Å². The molecule has 25 heavy (non-hydrogen) atoms. The number of pyridine rings is 1. The highest BCUT2D eigenvalue weighted by molar-refractivity contribution is 5.83. The van der Waals surface area contributed by atoms with Crippen LogP contribution in [-0.2, 0) is 17.6 Å². The van der Waals surface area contributed by atoms with Crippen molar-refractivity contribution in [3.63, 3.8) is 0 Å². The number of rotatable bonds is 5. The molecule has 0 aliphatic heterocycles. The molecule has 6 heteroatoms. The van der Waals surface area contributed by atoms with E-state index in [0.29, 0.717) is 30.0 Å². The Morgan fingerprint density at radius 1 is 1.24 bits per heavy atom. The number of carbonyl (C=O) groups is 1. The Balaban J connectivity index is 1.65. The zero-order valence-electron chi connectivity index (χ0n) is 14.6. The van der Waals surface area contributed by atoms with E-state index in [2.05, 4.69) is 15.5 Å². The summed E-state index contributed by atoms with van der Waals surface area (Å²) in [6, 6.07) is 7.68. The van der Waals surface area contributed by atoms with E-state index in [4.69, 9.17) is 4.52 Å². The molecule has 6 nitrogen and oxygen atoms in total. The predicted octanol–water partition coefficient (Wildman–Crippen LogP) is 2.34. The number of H-pyrrole nitrogens is 1. The average molecular weight is 339 g/mol. The minimum atomic E-state index is -0.142. The molecule has 0 saturated heterocycles. The zero-order valence-corrected chi connectivity index (χ0v) is 14.6. The third kappa shape index (κ3) is 3.79. The first kappa shape index (κ1) is 17.0. The SMILES string of the molecule is Cc1cc(CC(=O)NCCc2cc3ccc(C)c(C)c3[nH]c2=O)no1. The lowest BCUT2D eigenvalue weighted by atomic mass is 10.0. The number of aromatic amines is 1. The summed E-state index contributed by atoms with van der Waals surface area (Å²) in [5.41, 5.74) is 4.25. The summed E-state index contributed by atoms with van der Waals surface area (Å²) in [7, 11) is 0. The van der Waals surface area contributed by atoms with Crippen molar-refractivity contribution in [3.05, 3.63) is 62.8 Å². The minimum absolute atomic E-state index is 0.109. The maximum atomic E-state index is 12.3. The van der Waals surface area contributed by atoms with Crippen molar-refractivity contribution in [1.82, 2.24) is 15.5 Å². The van der Waals surface area contributed by atoms with Crippen LogP contribution in [0.4, 0.5) is 0 Å². The van der Waals surface area contributed by atoms with Crippen molar-refractivity contribution in [2.75, 3.05) is 6.54 Å². The van der Waals surface area contributed by atoms with E-state index in [0.717, 1.165) is 22.0 Å². The van der Waals surface area contributed by atoms with Crippen LogP contribution >= 0.6 is 0 Å². The molecule has 0 atom stereocenters. The summed E-state index contributed by atoms with van der Waals surface area (Å²) in [5, 5.41) is 7.61. The van der Waals surface area contributed by atoms with Gasteiger partial charge in [0.2, 0.25) is 5.91 Å². The van der Waals surface area contributed by atoms with Crippen molar-refractivity contribution in [2.24, 2.45) is 0 Å². The van der Waals surface area contributed by atoms with Gasteiger partial charge in [0.05, 0.1) is 17.6 Å². The van der Waals surface area contributed by atoms with Crippen LogP contribution in [0.25, 0.3) is 10.9 Å². The van der Waals surface area contributed by atoms with Crippen molar-refractivity contribution in [1.29, 1.82) is 0 Å². The minimum Gasteiger partial charge on any atom is -0.361 e. The van der Waals surface area contributed by atoms with Gasteiger partial charge in [0, 0.05) is 18.2 Å². The average Bonchev–Trinajstić information content (AvgIpc) is 2.97. The molecule has 3 rings (SSSR count). The second-order valence-electron chi connectivity index (χ2n) is 6.30. The van der Waals surface area contributed by atoms with Gasteiger partial charge in [0.1, 0.15) is 5.76 Å². The van der Waals surface area contributed by atoms with E-state index in [1.54, 1.807) is 13.0 Å². The monoisotopic (exact) mass is 339 g/mol. The number of aromatic nitrogens is 2. The molecule has 0 spiro atoms. The van der Waals surface area contributed by atoms with Crippen LogP contribution in [-0.4, -0.2) is 22.6 Å². The van der Waals surface area contributed by atoms with Gasteiger partial charge in [-0.3, -0.25) is 9.59 Å². The van der Waals surface area contributed by atoms with E-state index in [-0.39, 0.29) is 17.9 Å². The van der Waals surface area contributed by atoms with Gasteiger partial charge in [0.15, 0.2) is 0 Å². The number of hydrogen-bond acceptors (Lipinski definition) is 4. The Kier molecular flexibility index (Phi) is 4.70. The number of nitrogens with one attached hydrogen (secondary N) is 2. The van der Waals surface area contributed by atoms with Crippen LogP contribution in [0.5, 0.6) is 0 Å². The summed E-state index contributed by atoms with van der Waals surface area (Å²) in [4.78, 5) is 27.1. The zero-order chi connectivity index (χ0) is 18.0. The first-order chi connectivity index (χ1) is 11.9. The molecule has 0 aliphatic rings. The second-order valence-corrected chi connectivity index (χ2v) is 6.30. The summed E-state index contributed by atoms with van der Waals surface area (Å²) in [5.74, 6) is 0.535. The lowest BCUT2D eigenvalue weighted by Gasteiger charge is -2.08. The highest BCUT2D eigenvalue weighted by Gasteiger charge is 2.09. The van der Waals surface area contributed by atoms with Crippen LogP contribution in [0.15, 0.2) is 33.6 Å². The summed E-state index contributed by atoms with van der Waals surface area (Å²) < 4.78 is 4.94. The van der Waals surface area contributed by atoms with Crippen molar-refractivity contribution in [3.8, 4) is 0 Å². The van der Waals surface area contributed by atoms with E-state index < -0.39 is 0 Å². The Labute approximate surface area is 145 Å². The number of benzene rings is 1. The van der Waals surface area contributed by atoms with Crippen LogP contribution in [0.2, 0.25) is 0 Å². The number of amides is 1. The molecule has 2 heterocycles. The molecule has 0 unspecified atom stereocenters. The summed E-state index contributed by atoms with van der Waals surface area (Å²) in [6.45, 7) is 6.20. The molecule has 0 bridgehead atoms. The fourth-order valence-corrected chi connectivity index (χ4v) is 2.82. The third-order valence-electron chi connectivity index (χ3n) is 4.36. The Bertz CT molecular complexity index is 985. The van der Waals surface area contributed by atoms with Crippen LogP contribution < -0.4 is 10.9 Å². The standard InChI is InChI=1S/C19H21N3O3/c1-11-4-5-14-9-15(19(24)21-18(14)13(11)3)6-7-20-17(23)10-16-8-12(2)25-22-16/h4-5,8-9H,6-7,10H2,1-3H3,(H,20,23)(H,21,24). The van der Waals surface area contributed by atoms with Crippen LogP contribution in [0, 0.1) is 20.8 Å². The fourth-order valence-electron chi connectivity index (χ4n) is 2.82. The van der Waals surface area contributed by atoms with Gasteiger partial charge >= 0.3 is 0 Å². The first-order valence-corrected chi connectivity index (χ1v) is 8.25. The number of hydrogen-bond donors (Lipinski definition) is 2. The van der Waals surface area contributed by atoms with E-state index in [9.17, 15) is 9.59 Å². The Morgan fingerprint density at radius 3 is 2.76 bits per heavy atom. The number of nitrogens with zero attached hydrogens (tertiary/aromatic N) is 1. The fraction of sp³-hybridized carbons (Fsp3) is 0.316. The van der Waals surface area contributed by atoms with Gasteiger partial charge in [-0.1, -0.05) is 17.3 Å². The van der Waals surface area contributed by atoms with Gasteiger partial charge in [-0.25, -0.2) is 0 Å². The van der Waals surface area contributed by atoms with Gasteiger partial charge in [-0.05, 0) is 49.8 Å². The highest BCUT2D eigenvalue weighted by Crippen LogP contribution is 2.18. The second kappa shape index (κ2) is 6.93. The normalized spacial score (nSPS) is 11.0. The lowest BCUT2D eigenvalue weighted by Crippen LogP contribution is -2.28. The highest BCUT2D eigenvalue weighted by atomic mass is 16.5. The van der Waals surface area contributed by atoms with E-state index in [1.807, 2.05) is 32.0 Å². The summed E-state index contributed by atoms with van der Waals surface area (Å²) >= 11 is 0. The van der Waals surface area contributed by atoms with Crippen molar-refractivity contribution in [2.45, 2.75) is 33.6 Å². The largest absolute Gasteiger partial charge is 0.361 e. The molecule has 0 fully saturated rings. The Morgan fingerprint density at radius 2 is 2.04 bits per heavy atom. The Hall–Kier alpha value is -2.89. The first-order valence-electron chi connectivity index (χ1n) is 8.25. The quantitative estimate of drug-likeness (QED) is 0.747. The molecule has 0 saturated carbocycles. The molecule has 130 valence electrons. The van der Waals surface area contributed by atoms with Crippen molar-refractivity contribution >= 4 is 16.8 Å². The molecule has 1 aromatic carbocycles. The predicted molar refractivity (Wildman–Crippen MR) is 95.7 cm³/mol. The molecule has 1 amide bonds. The number of aryl methyl sites for hydroxylation is 3. The maximum Gasteiger partial charge on any atom is 0.251 e. The van der Waals surface area contributed by atoms with Gasteiger partial charge in [-0.15, -0.1) is 0 Å². The number of fused-ring (bicyclic) bond motifs is 1. The van der Waals surface area contributed by atoms with E-state index in [1.165, 1.54) is 0 Å². The topological polar surface area (TPSA) is 88.0 Å². The van der Waals surface area contributed by atoms with Crippen LogP contribution in [0.1, 0.15) is 28.1 Å². The maximum absolute atomic E-state index is 12.3. The van der Waals surface area contributed by atoms with Gasteiger partial charge < -0.3 is 14.8 Å². The molecule has 0 aliphatic carbocycles. The molecular formula is C19H21N3O3. The van der Waals surface area contributed by atoms with E-state index >= 15 is 0 Å². The van der Waals surface area contributed by atoms with Gasteiger partial charge in [0.25, 0.3) is 5.56 Å². The lowest BCUT2D eigenvalue weighted by molar-refractivity contribution is -0.120. The smallest absolute Gasteiger partial charge is 0.251 e.